The fourth-order valence-corrected chi connectivity index (χ4v) is 6.21. The van der Waals surface area contributed by atoms with Gasteiger partial charge in [0.1, 0.15) is 12.2 Å². The number of nitrogens with one attached hydrogen (secondary N) is 2. The first-order valence-corrected chi connectivity index (χ1v) is 15.8. The van der Waals surface area contributed by atoms with Crippen LogP contribution in [0.4, 0.5) is 15.8 Å². The highest BCUT2D eigenvalue weighted by Gasteiger charge is 2.23. The minimum Gasteiger partial charge on any atom is -0.453 e. The van der Waals surface area contributed by atoms with E-state index in [2.05, 4.69) is 21.7 Å². The van der Waals surface area contributed by atoms with E-state index in [1.54, 1.807) is 55.8 Å². The van der Waals surface area contributed by atoms with Crippen LogP contribution in [0, 0.1) is 5.82 Å². The molecule has 0 atom stereocenters. The first kappa shape index (κ1) is 32.7. The second-order valence-corrected chi connectivity index (χ2v) is 11.6. The Hall–Kier alpha value is -4.65. The lowest BCUT2D eigenvalue weighted by Crippen LogP contribution is -2.36. The number of ether oxygens (including phenoxy) is 2. The van der Waals surface area contributed by atoms with Crippen LogP contribution in [0.15, 0.2) is 72.9 Å². The number of halogens is 1. The van der Waals surface area contributed by atoms with Gasteiger partial charge in [0, 0.05) is 75.7 Å². The Kier molecular flexibility index (Phi) is 11.1. The molecule has 0 saturated heterocycles. The number of hydrogen-bond donors (Lipinski definition) is 2. The third-order valence-corrected chi connectivity index (χ3v) is 8.72. The Morgan fingerprint density at radius 2 is 1.87 bits per heavy atom. The average molecular weight is 646 g/mol. The standard InChI is InChI=1S/C34H36FN5O5S/c1-36-31(41)22-33(43)40(24-6-4-3-5-7-24)25-8-9-28(26(35)20-25)45-29-10-15-38-27-21-30(46-34(27)29)23-12-17-39(18-13-23)32(42)11-14-37-16-19-44-2/h3-10,12,15,20-21,37H,11,13-14,16-19,22H2,1-2H3,(H,36,41). The molecule has 4 aromatic rings. The highest BCUT2D eigenvalue weighted by atomic mass is 32.1. The number of para-hydroxylation sites is 1. The van der Waals surface area contributed by atoms with Crippen molar-refractivity contribution in [1.82, 2.24) is 20.5 Å². The van der Waals surface area contributed by atoms with Gasteiger partial charge in [-0.2, -0.15) is 0 Å². The number of fused-ring (bicyclic) bond motifs is 1. The molecule has 5 rings (SSSR count). The summed E-state index contributed by atoms with van der Waals surface area (Å²) in [5, 5.41) is 5.65. The lowest BCUT2D eigenvalue weighted by molar-refractivity contribution is -0.131. The van der Waals surface area contributed by atoms with Crippen molar-refractivity contribution in [2.75, 3.05) is 51.8 Å². The lowest BCUT2D eigenvalue weighted by Gasteiger charge is -2.26. The number of aromatic nitrogens is 1. The molecule has 0 saturated carbocycles. The Morgan fingerprint density at radius 3 is 2.59 bits per heavy atom. The maximum Gasteiger partial charge on any atom is 0.240 e. The molecule has 3 heterocycles. The van der Waals surface area contributed by atoms with Crippen LogP contribution in [-0.4, -0.2) is 74.5 Å². The van der Waals surface area contributed by atoms with Gasteiger partial charge in [-0.3, -0.25) is 24.3 Å². The number of carbonyl (C=O) groups is 3. The molecule has 46 heavy (non-hydrogen) atoms. The molecule has 2 aromatic carbocycles. The SMILES string of the molecule is CNC(=O)CC(=O)N(c1ccccc1)c1ccc(Oc2ccnc3cc(C4=CCN(C(=O)CCNCCOC)CC4)sc23)c(F)c1. The van der Waals surface area contributed by atoms with E-state index in [1.165, 1.54) is 35.4 Å². The van der Waals surface area contributed by atoms with Crippen LogP contribution in [0.1, 0.15) is 24.1 Å². The summed E-state index contributed by atoms with van der Waals surface area (Å²) in [6.45, 7) is 3.12. The monoisotopic (exact) mass is 645 g/mol. The van der Waals surface area contributed by atoms with E-state index in [0.717, 1.165) is 27.1 Å². The fourth-order valence-electron chi connectivity index (χ4n) is 5.07. The van der Waals surface area contributed by atoms with Crippen LogP contribution in [0.2, 0.25) is 0 Å². The molecular formula is C34H36FN5O5S. The molecule has 1 aliphatic heterocycles. The molecule has 3 amide bonds. The largest absolute Gasteiger partial charge is 0.453 e. The van der Waals surface area contributed by atoms with Crippen molar-refractivity contribution in [3.63, 3.8) is 0 Å². The third kappa shape index (κ3) is 7.94. The molecule has 0 fully saturated rings. The van der Waals surface area contributed by atoms with E-state index in [-0.39, 0.29) is 17.3 Å². The van der Waals surface area contributed by atoms with E-state index in [4.69, 9.17) is 9.47 Å². The van der Waals surface area contributed by atoms with Crippen molar-refractivity contribution in [1.29, 1.82) is 0 Å². The number of thiophene rings is 1. The van der Waals surface area contributed by atoms with E-state index in [0.29, 0.717) is 50.6 Å². The zero-order valence-electron chi connectivity index (χ0n) is 25.8. The zero-order valence-corrected chi connectivity index (χ0v) is 26.6. The third-order valence-electron chi connectivity index (χ3n) is 7.50. The topological polar surface area (TPSA) is 113 Å². The summed E-state index contributed by atoms with van der Waals surface area (Å²) >= 11 is 1.51. The van der Waals surface area contributed by atoms with Gasteiger partial charge in [0.25, 0.3) is 0 Å². The van der Waals surface area contributed by atoms with Crippen molar-refractivity contribution in [2.24, 2.45) is 0 Å². The summed E-state index contributed by atoms with van der Waals surface area (Å²) in [6.07, 6.45) is 4.46. The number of amides is 3. The van der Waals surface area contributed by atoms with Crippen molar-refractivity contribution < 1.29 is 28.2 Å². The molecule has 12 heteroatoms. The van der Waals surface area contributed by atoms with E-state index < -0.39 is 24.1 Å². The molecule has 2 N–H and O–H groups in total. The molecule has 0 radical (unpaired) electrons. The molecule has 2 aromatic heterocycles. The van der Waals surface area contributed by atoms with E-state index >= 15 is 4.39 Å². The maximum absolute atomic E-state index is 15.5. The number of nitrogens with zero attached hydrogens (tertiary/aromatic N) is 3. The van der Waals surface area contributed by atoms with E-state index in [1.807, 2.05) is 11.0 Å². The normalized spacial score (nSPS) is 12.9. The minimum absolute atomic E-state index is 0.0132. The summed E-state index contributed by atoms with van der Waals surface area (Å²) in [5.41, 5.74) is 2.63. The number of hydrogen-bond acceptors (Lipinski definition) is 8. The van der Waals surface area contributed by atoms with Crippen LogP contribution in [0.3, 0.4) is 0 Å². The minimum atomic E-state index is -0.665. The summed E-state index contributed by atoms with van der Waals surface area (Å²) in [4.78, 5) is 46.3. The van der Waals surface area contributed by atoms with Gasteiger partial charge in [0.05, 0.1) is 22.5 Å². The summed E-state index contributed by atoms with van der Waals surface area (Å²) in [7, 11) is 3.10. The van der Waals surface area contributed by atoms with Gasteiger partial charge in [-0.1, -0.05) is 24.3 Å². The second kappa shape index (κ2) is 15.6. The molecule has 10 nitrogen and oxygen atoms in total. The van der Waals surface area contributed by atoms with Gasteiger partial charge < -0.3 is 25.0 Å². The number of pyridine rings is 1. The molecule has 0 aliphatic carbocycles. The van der Waals surface area contributed by atoms with Crippen molar-refractivity contribution >= 4 is 56.2 Å². The number of methoxy groups -OCH3 is 1. The number of benzene rings is 2. The molecule has 0 unspecified atom stereocenters. The predicted octanol–water partition coefficient (Wildman–Crippen LogP) is 5.27. The fraction of sp³-hybridized carbons (Fsp3) is 0.294. The summed E-state index contributed by atoms with van der Waals surface area (Å²) in [6, 6.07) is 16.7. The number of carbonyl (C=O) groups excluding carboxylic acids is 3. The molecule has 1 aliphatic rings. The molecule has 0 bridgehead atoms. The van der Waals surface area contributed by atoms with Crippen LogP contribution < -0.4 is 20.3 Å². The lowest BCUT2D eigenvalue weighted by atomic mass is 10.1. The second-order valence-electron chi connectivity index (χ2n) is 10.6. The molecule has 0 spiro atoms. The summed E-state index contributed by atoms with van der Waals surface area (Å²) in [5.74, 6) is -1.05. The molecule has 240 valence electrons. The van der Waals surface area contributed by atoms with Crippen molar-refractivity contribution in [2.45, 2.75) is 19.3 Å². The first-order chi connectivity index (χ1) is 22.4. The average Bonchev–Trinajstić information content (AvgIpc) is 3.52. The maximum atomic E-state index is 15.5. The Bertz CT molecular complexity index is 1730. The van der Waals surface area contributed by atoms with Crippen LogP contribution >= 0.6 is 11.3 Å². The van der Waals surface area contributed by atoms with Crippen LogP contribution in [0.25, 0.3) is 15.8 Å². The Balaban J connectivity index is 1.30. The quantitative estimate of drug-likeness (QED) is 0.151. The van der Waals surface area contributed by atoms with Gasteiger partial charge in [0.15, 0.2) is 11.6 Å². The van der Waals surface area contributed by atoms with Crippen LogP contribution in [-0.2, 0) is 19.1 Å². The smallest absolute Gasteiger partial charge is 0.240 e. The number of rotatable bonds is 13. The van der Waals surface area contributed by atoms with Crippen LogP contribution in [0.5, 0.6) is 11.5 Å². The van der Waals surface area contributed by atoms with E-state index in [9.17, 15) is 14.4 Å². The highest BCUT2D eigenvalue weighted by molar-refractivity contribution is 7.20. The summed E-state index contributed by atoms with van der Waals surface area (Å²) < 4.78 is 27.4. The van der Waals surface area contributed by atoms with Gasteiger partial charge in [-0.15, -0.1) is 11.3 Å². The first-order valence-electron chi connectivity index (χ1n) is 15.0. The molecular weight excluding hydrogens is 609 g/mol. The van der Waals surface area contributed by atoms with Gasteiger partial charge in [0.2, 0.25) is 17.7 Å². The zero-order chi connectivity index (χ0) is 32.5. The highest BCUT2D eigenvalue weighted by Crippen LogP contribution is 2.40. The predicted molar refractivity (Wildman–Crippen MR) is 177 cm³/mol. The van der Waals surface area contributed by atoms with Crippen molar-refractivity contribution in [3.05, 3.63) is 83.6 Å². The van der Waals surface area contributed by atoms with Gasteiger partial charge in [-0.05, 0) is 42.3 Å². The Morgan fingerprint density at radius 1 is 1.04 bits per heavy atom. The Labute approximate surface area is 270 Å². The van der Waals surface area contributed by atoms with Crippen molar-refractivity contribution in [3.8, 4) is 11.5 Å². The number of anilines is 2. The van der Waals surface area contributed by atoms with Gasteiger partial charge >= 0.3 is 0 Å². The van der Waals surface area contributed by atoms with Gasteiger partial charge in [-0.25, -0.2) is 4.39 Å².